The van der Waals surface area contributed by atoms with Crippen LogP contribution in [0.15, 0.2) is 0 Å². The topological polar surface area (TPSA) is 87.2 Å². The van der Waals surface area contributed by atoms with Crippen LogP contribution in [0.25, 0.3) is 0 Å². The van der Waals surface area contributed by atoms with Gasteiger partial charge in [-0.3, -0.25) is 4.79 Å². The fourth-order valence-electron chi connectivity index (χ4n) is 1.58. The first-order chi connectivity index (χ1) is 6.70. The lowest BCUT2D eigenvalue weighted by Gasteiger charge is -2.22. The van der Waals surface area contributed by atoms with Gasteiger partial charge in [-0.2, -0.15) is 5.26 Å². The summed E-state index contributed by atoms with van der Waals surface area (Å²) < 4.78 is 0. The fourth-order valence-corrected chi connectivity index (χ4v) is 1.58. The first kappa shape index (κ1) is 10.7. The van der Waals surface area contributed by atoms with Gasteiger partial charge in [0.15, 0.2) is 0 Å². The van der Waals surface area contributed by atoms with Crippen LogP contribution < -0.4 is 5.73 Å². The molecule has 0 aromatic heterocycles. The van der Waals surface area contributed by atoms with E-state index in [4.69, 9.17) is 11.0 Å². The number of hydrogen-bond donors (Lipinski definition) is 1. The first-order valence-corrected chi connectivity index (χ1v) is 4.60. The molecule has 0 unspecified atom stereocenters. The minimum Gasteiger partial charge on any atom is -0.325 e. The predicted molar refractivity (Wildman–Crippen MR) is 49.0 cm³/mol. The molecular weight excluding hydrogens is 182 g/mol. The lowest BCUT2D eigenvalue weighted by atomic mass is 10.2. The summed E-state index contributed by atoms with van der Waals surface area (Å²) in [5.74, 6) is -0.291. The molecule has 0 radical (unpaired) electrons. The fraction of sp³-hybridized carbons (Fsp3) is 0.667. The number of nitrogens with two attached hydrogens (primary N) is 1. The first-order valence-electron chi connectivity index (χ1n) is 4.60. The van der Waals surface area contributed by atoms with Gasteiger partial charge >= 0.3 is 0 Å². The molecule has 1 saturated heterocycles. The second-order valence-corrected chi connectivity index (χ2v) is 3.33. The summed E-state index contributed by atoms with van der Waals surface area (Å²) in [6, 6.07) is 0.902. The van der Waals surface area contributed by atoms with Crippen molar-refractivity contribution in [3.05, 3.63) is 0 Å². The summed E-state index contributed by atoms with van der Waals surface area (Å²) in [7, 11) is 0. The van der Waals surface area contributed by atoms with Crippen molar-refractivity contribution in [3.63, 3.8) is 0 Å². The molecular formula is C9H13N3O2. The van der Waals surface area contributed by atoms with Gasteiger partial charge in [0.2, 0.25) is 5.91 Å². The lowest BCUT2D eigenvalue weighted by Crippen LogP contribution is -2.45. The number of rotatable bonds is 3. The number of amides is 1. The van der Waals surface area contributed by atoms with Gasteiger partial charge in [0.05, 0.1) is 12.1 Å². The smallest absolute Gasteiger partial charge is 0.241 e. The van der Waals surface area contributed by atoms with Crippen LogP contribution in [-0.2, 0) is 9.59 Å². The Bertz CT molecular complexity index is 272. The van der Waals surface area contributed by atoms with E-state index >= 15 is 0 Å². The standard InChI is InChI=1S/C9H13N3O2/c10-6-7-2-1-4-12(7)9(14)8(11)3-5-13/h5,7-8H,1-4,11H2/t7-,8-/m0/s1. The molecule has 2 N–H and O–H groups in total. The zero-order valence-electron chi connectivity index (χ0n) is 7.85. The maximum absolute atomic E-state index is 11.6. The van der Waals surface area contributed by atoms with Gasteiger partial charge < -0.3 is 15.4 Å². The number of likely N-dealkylation sites (tertiary alicyclic amines) is 1. The van der Waals surface area contributed by atoms with E-state index in [0.717, 1.165) is 6.42 Å². The third-order valence-electron chi connectivity index (χ3n) is 2.35. The number of aldehydes is 1. The molecule has 0 aliphatic carbocycles. The molecule has 1 amide bonds. The molecule has 0 aromatic rings. The third-order valence-corrected chi connectivity index (χ3v) is 2.35. The number of nitriles is 1. The van der Waals surface area contributed by atoms with Gasteiger partial charge in [-0.25, -0.2) is 0 Å². The number of carbonyl (C=O) groups excluding carboxylic acids is 2. The van der Waals surface area contributed by atoms with Crippen LogP contribution in [0.2, 0.25) is 0 Å². The van der Waals surface area contributed by atoms with E-state index in [9.17, 15) is 9.59 Å². The van der Waals surface area contributed by atoms with Gasteiger partial charge in [0.1, 0.15) is 12.3 Å². The Morgan fingerprint density at radius 1 is 1.79 bits per heavy atom. The van der Waals surface area contributed by atoms with Gasteiger partial charge in [0.25, 0.3) is 0 Å². The van der Waals surface area contributed by atoms with E-state index < -0.39 is 6.04 Å². The minimum atomic E-state index is -0.790. The van der Waals surface area contributed by atoms with Crippen LogP contribution >= 0.6 is 0 Å². The van der Waals surface area contributed by atoms with Crippen molar-refractivity contribution in [1.82, 2.24) is 4.90 Å². The average molecular weight is 195 g/mol. The Morgan fingerprint density at radius 2 is 2.50 bits per heavy atom. The summed E-state index contributed by atoms with van der Waals surface area (Å²) >= 11 is 0. The van der Waals surface area contributed by atoms with Gasteiger partial charge in [-0.05, 0) is 12.8 Å². The van der Waals surface area contributed by atoms with Crippen molar-refractivity contribution in [1.29, 1.82) is 5.26 Å². The molecule has 0 aromatic carbocycles. The summed E-state index contributed by atoms with van der Waals surface area (Å²) in [5, 5.41) is 8.74. The van der Waals surface area contributed by atoms with Crippen molar-refractivity contribution >= 4 is 12.2 Å². The summed E-state index contributed by atoms with van der Waals surface area (Å²) in [6.07, 6.45) is 2.18. The number of nitrogens with zero attached hydrogens (tertiary/aromatic N) is 2. The van der Waals surface area contributed by atoms with Crippen molar-refractivity contribution in [3.8, 4) is 6.07 Å². The Labute approximate surface area is 82.5 Å². The van der Waals surface area contributed by atoms with E-state index in [1.54, 1.807) is 0 Å². The lowest BCUT2D eigenvalue weighted by molar-refractivity contribution is -0.133. The van der Waals surface area contributed by atoms with Crippen LogP contribution in [0.3, 0.4) is 0 Å². The summed E-state index contributed by atoms with van der Waals surface area (Å²) in [5.41, 5.74) is 5.49. The Kier molecular flexibility index (Phi) is 3.60. The van der Waals surface area contributed by atoms with E-state index in [1.807, 2.05) is 0 Å². The average Bonchev–Trinajstić information content (AvgIpc) is 2.64. The Morgan fingerprint density at radius 3 is 3.07 bits per heavy atom. The van der Waals surface area contributed by atoms with Crippen molar-refractivity contribution in [2.24, 2.45) is 5.73 Å². The molecule has 76 valence electrons. The van der Waals surface area contributed by atoms with Gasteiger partial charge in [-0.1, -0.05) is 0 Å². The van der Waals surface area contributed by atoms with E-state index in [1.165, 1.54) is 4.90 Å². The number of carbonyl (C=O) groups is 2. The van der Waals surface area contributed by atoms with Crippen molar-refractivity contribution < 1.29 is 9.59 Å². The molecule has 14 heavy (non-hydrogen) atoms. The van der Waals surface area contributed by atoms with E-state index in [0.29, 0.717) is 19.3 Å². The monoisotopic (exact) mass is 195 g/mol. The van der Waals surface area contributed by atoms with Crippen LogP contribution in [-0.4, -0.2) is 35.7 Å². The van der Waals surface area contributed by atoms with Gasteiger partial charge in [-0.15, -0.1) is 0 Å². The van der Waals surface area contributed by atoms with Crippen molar-refractivity contribution in [2.75, 3.05) is 6.54 Å². The molecule has 1 aliphatic rings. The van der Waals surface area contributed by atoms with Crippen LogP contribution in [0, 0.1) is 11.3 Å². The molecule has 1 fully saturated rings. The van der Waals surface area contributed by atoms with Crippen LogP contribution in [0.5, 0.6) is 0 Å². The second-order valence-electron chi connectivity index (χ2n) is 3.33. The quantitative estimate of drug-likeness (QED) is 0.610. The van der Waals surface area contributed by atoms with E-state index in [-0.39, 0.29) is 18.4 Å². The molecule has 1 heterocycles. The molecule has 5 heteroatoms. The zero-order chi connectivity index (χ0) is 10.6. The SMILES string of the molecule is N#C[C@@H]1CCCN1C(=O)[C@@H](N)CC=O. The Hall–Kier alpha value is -1.41. The maximum Gasteiger partial charge on any atom is 0.241 e. The molecule has 1 aliphatic heterocycles. The highest BCUT2D eigenvalue weighted by molar-refractivity contribution is 5.84. The highest BCUT2D eigenvalue weighted by Crippen LogP contribution is 2.17. The third kappa shape index (κ3) is 2.09. The molecule has 0 spiro atoms. The summed E-state index contributed by atoms with van der Waals surface area (Å²) in [6.45, 7) is 0.573. The highest BCUT2D eigenvalue weighted by atomic mass is 16.2. The molecule has 2 atom stereocenters. The predicted octanol–water partition coefficient (Wildman–Crippen LogP) is -0.583. The number of hydrogen-bond acceptors (Lipinski definition) is 4. The molecule has 0 saturated carbocycles. The van der Waals surface area contributed by atoms with Crippen molar-refractivity contribution in [2.45, 2.75) is 31.3 Å². The zero-order valence-corrected chi connectivity index (χ0v) is 7.85. The van der Waals surface area contributed by atoms with Crippen LogP contribution in [0.4, 0.5) is 0 Å². The molecule has 5 nitrogen and oxygen atoms in total. The summed E-state index contributed by atoms with van der Waals surface area (Å²) in [4.78, 5) is 23.2. The second kappa shape index (κ2) is 4.72. The Balaban J connectivity index is 2.60. The van der Waals surface area contributed by atoms with Gasteiger partial charge in [0, 0.05) is 13.0 Å². The minimum absolute atomic E-state index is 0.0213. The highest BCUT2D eigenvalue weighted by Gasteiger charge is 2.31. The molecule has 1 rings (SSSR count). The van der Waals surface area contributed by atoms with E-state index in [2.05, 4.69) is 6.07 Å². The maximum atomic E-state index is 11.6. The van der Waals surface area contributed by atoms with Crippen LogP contribution in [0.1, 0.15) is 19.3 Å². The normalized spacial score (nSPS) is 22.9. The largest absolute Gasteiger partial charge is 0.325 e. The molecule has 0 bridgehead atoms.